The first-order valence-electron chi connectivity index (χ1n) is 9.71. The summed E-state index contributed by atoms with van der Waals surface area (Å²) in [4.78, 5) is 28.5. The van der Waals surface area contributed by atoms with Crippen LogP contribution in [0.25, 0.3) is 10.9 Å². The molecule has 3 rings (SSSR count). The molecule has 6 nitrogen and oxygen atoms in total. The summed E-state index contributed by atoms with van der Waals surface area (Å²) in [6.45, 7) is 10.2. The number of methoxy groups -OCH3 is 1. The number of aromatic nitrogens is 2. The molecule has 0 saturated heterocycles. The van der Waals surface area contributed by atoms with E-state index in [-0.39, 0.29) is 18.4 Å². The van der Waals surface area contributed by atoms with E-state index in [0.717, 1.165) is 33.5 Å². The number of fused-ring (bicyclic) bond motifs is 1. The van der Waals surface area contributed by atoms with Crippen LogP contribution in [0.2, 0.25) is 0 Å². The highest BCUT2D eigenvalue weighted by atomic mass is 16.5. The molecule has 29 heavy (non-hydrogen) atoms. The lowest BCUT2D eigenvalue weighted by Gasteiger charge is -2.17. The average Bonchev–Trinajstić information content (AvgIpc) is 3.14. The number of aromatic amines is 1. The van der Waals surface area contributed by atoms with Gasteiger partial charge in [0.1, 0.15) is 0 Å². The summed E-state index contributed by atoms with van der Waals surface area (Å²) in [5.74, 6) is -0.711. The predicted octanol–water partition coefficient (Wildman–Crippen LogP) is 4.45. The second-order valence-corrected chi connectivity index (χ2v) is 7.59. The second kappa shape index (κ2) is 8.25. The normalized spacial score (nSPS) is 12.3. The van der Waals surface area contributed by atoms with E-state index in [1.165, 1.54) is 0 Å². The molecule has 0 amide bonds. The number of hydrogen-bond acceptors (Lipinski definition) is 4. The van der Waals surface area contributed by atoms with E-state index in [0.29, 0.717) is 17.7 Å². The van der Waals surface area contributed by atoms with Crippen LogP contribution in [0.1, 0.15) is 56.3 Å². The van der Waals surface area contributed by atoms with Gasteiger partial charge >= 0.3 is 5.97 Å². The van der Waals surface area contributed by atoms with Gasteiger partial charge in [-0.1, -0.05) is 0 Å². The van der Waals surface area contributed by atoms with Gasteiger partial charge in [-0.15, -0.1) is 0 Å². The number of hydrogen-bond donors (Lipinski definition) is 1. The Bertz CT molecular complexity index is 1070. The van der Waals surface area contributed by atoms with Gasteiger partial charge in [-0.25, -0.2) is 4.79 Å². The zero-order chi connectivity index (χ0) is 21.3. The zero-order valence-corrected chi connectivity index (χ0v) is 17.9. The third kappa shape index (κ3) is 3.98. The van der Waals surface area contributed by atoms with Crippen molar-refractivity contribution >= 4 is 22.7 Å². The summed E-state index contributed by atoms with van der Waals surface area (Å²) in [7, 11) is 1.66. The SMILES string of the molecule is COCC(C)n1c(C)cc(C(=O)COC(=O)c2ccc3[nH]c(C)c(C)c3c2)c1C. The maximum absolute atomic E-state index is 12.7. The molecule has 0 aliphatic rings. The monoisotopic (exact) mass is 396 g/mol. The number of benzene rings is 1. The van der Waals surface area contributed by atoms with Crippen molar-refractivity contribution in [1.29, 1.82) is 0 Å². The Morgan fingerprint density at radius 3 is 2.55 bits per heavy atom. The Morgan fingerprint density at radius 2 is 1.86 bits per heavy atom. The van der Waals surface area contributed by atoms with Crippen molar-refractivity contribution in [1.82, 2.24) is 9.55 Å². The van der Waals surface area contributed by atoms with E-state index in [2.05, 4.69) is 9.55 Å². The molecule has 0 fully saturated rings. The minimum Gasteiger partial charge on any atom is -0.454 e. The molecule has 0 saturated carbocycles. The summed E-state index contributed by atoms with van der Waals surface area (Å²) in [6.07, 6.45) is 0. The van der Waals surface area contributed by atoms with Crippen molar-refractivity contribution in [2.75, 3.05) is 20.3 Å². The van der Waals surface area contributed by atoms with E-state index in [4.69, 9.17) is 9.47 Å². The summed E-state index contributed by atoms with van der Waals surface area (Å²) in [5.41, 5.74) is 5.99. The predicted molar refractivity (Wildman–Crippen MR) is 113 cm³/mol. The van der Waals surface area contributed by atoms with Gasteiger partial charge in [0.25, 0.3) is 0 Å². The number of aryl methyl sites for hydroxylation is 3. The minimum atomic E-state index is -0.500. The maximum Gasteiger partial charge on any atom is 0.338 e. The van der Waals surface area contributed by atoms with Crippen molar-refractivity contribution in [3.05, 3.63) is 58.0 Å². The number of Topliss-reactive ketones (excluding diaryl/α,β-unsaturated/α-hetero) is 1. The number of esters is 1. The third-order valence-corrected chi connectivity index (χ3v) is 5.51. The Hall–Kier alpha value is -2.86. The highest BCUT2D eigenvalue weighted by Gasteiger charge is 2.20. The minimum absolute atomic E-state index is 0.115. The molecule has 6 heteroatoms. The summed E-state index contributed by atoms with van der Waals surface area (Å²) < 4.78 is 12.6. The number of nitrogens with one attached hydrogen (secondary N) is 1. The first kappa shape index (κ1) is 20.9. The van der Waals surface area contributed by atoms with Crippen molar-refractivity contribution in [2.45, 2.75) is 40.7 Å². The molecule has 2 aromatic heterocycles. The molecular weight excluding hydrogens is 368 g/mol. The fraction of sp³-hybridized carbons (Fsp3) is 0.391. The molecule has 1 aromatic carbocycles. The van der Waals surface area contributed by atoms with Crippen molar-refractivity contribution < 1.29 is 19.1 Å². The van der Waals surface area contributed by atoms with Crippen molar-refractivity contribution in [3.8, 4) is 0 Å². The molecule has 1 atom stereocenters. The van der Waals surface area contributed by atoms with E-state index in [9.17, 15) is 9.59 Å². The van der Waals surface area contributed by atoms with Gasteiger partial charge in [0.05, 0.1) is 18.2 Å². The molecule has 1 unspecified atom stereocenters. The van der Waals surface area contributed by atoms with Gasteiger partial charge in [-0.3, -0.25) is 4.79 Å². The largest absolute Gasteiger partial charge is 0.454 e. The molecular formula is C23H28N2O4. The molecule has 0 radical (unpaired) electrons. The lowest BCUT2D eigenvalue weighted by molar-refractivity contribution is 0.0474. The molecule has 0 aliphatic carbocycles. The third-order valence-electron chi connectivity index (χ3n) is 5.51. The van der Waals surface area contributed by atoms with Crippen LogP contribution in [0, 0.1) is 27.7 Å². The van der Waals surface area contributed by atoms with Crippen LogP contribution in [0.3, 0.4) is 0 Å². The summed E-state index contributed by atoms with van der Waals surface area (Å²) >= 11 is 0. The molecule has 0 aliphatic heterocycles. The van der Waals surface area contributed by atoms with Crippen LogP contribution in [0.5, 0.6) is 0 Å². The van der Waals surface area contributed by atoms with Crippen molar-refractivity contribution in [2.24, 2.45) is 0 Å². The number of carbonyl (C=O) groups excluding carboxylic acids is 2. The number of H-pyrrole nitrogens is 1. The van der Waals surface area contributed by atoms with Gasteiger partial charge in [-0.05, 0) is 64.4 Å². The summed E-state index contributed by atoms with van der Waals surface area (Å²) in [6, 6.07) is 7.33. The Kier molecular flexibility index (Phi) is 5.94. The standard InChI is InChI=1S/C23H28N2O4/c1-13-9-20(17(5)25(13)14(2)11-28-6)22(26)12-29-23(27)18-7-8-21-19(10-18)15(3)16(4)24-21/h7-10,14,24H,11-12H2,1-6H3. The number of ketones is 1. The summed E-state index contributed by atoms with van der Waals surface area (Å²) in [5, 5.41) is 0.985. The highest BCUT2D eigenvalue weighted by molar-refractivity contribution is 6.01. The smallest absolute Gasteiger partial charge is 0.338 e. The van der Waals surface area contributed by atoms with Crippen LogP contribution in [-0.2, 0) is 9.47 Å². The van der Waals surface area contributed by atoms with E-state index in [1.807, 2.05) is 46.8 Å². The van der Waals surface area contributed by atoms with Crippen molar-refractivity contribution in [3.63, 3.8) is 0 Å². The Balaban J connectivity index is 1.73. The molecule has 154 valence electrons. The van der Waals surface area contributed by atoms with Crippen LogP contribution < -0.4 is 0 Å². The van der Waals surface area contributed by atoms with Gasteiger partial charge in [0.15, 0.2) is 6.61 Å². The first-order valence-corrected chi connectivity index (χ1v) is 9.71. The quantitative estimate of drug-likeness (QED) is 0.473. The Labute approximate surface area is 170 Å². The van der Waals surface area contributed by atoms with Gasteiger partial charge in [0, 0.05) is 40.7 Å². The molecule has 1 N–H and O–H groups in total. The number of ether oxygens (including phenoxy) is 2. The van der Waals surface area contributed by atoms with Gasteiger partial charge in [-0.2, -0.15) is 0 Å². The molecule has 3 aromatic rings. The van der Waals surface area contributed by atoms with E-state index >= 15 is 0 Å². The fourth-order valence-corrected chi connectivity index (χ4v) is 3.93. The molecule has 2 heterocycles. The Morgan fingerprint density at radius 1 is 1.14 bits per heavy atom. The highest BCUT2D eigenvalue weighted by Crippen LogP contribution is 2.23. The van der Waals surface area contributed by atoms with Crippen LogP contribution >= 0.6 is 0 Å². The van der Waals surface area contributed by atoms with E-state index < -0.39 is 5.97 Å². The molecule has 0 bridgehead atoms. The van der Waals surface area contributed by atoms with E-state index in [1.54, 1.807) is 19.2 Å². The molecule has 0 spiro atoms. The maximum atomic E-state index is 12.7. The van der Waals surface area contributed by atoms with Crippen LogP contribution in [0.4, 0.5) is 0 Å². The van der Waals surface area contributed by atoms with Crippen LogP contribution in [-0.4, -0.2) is 41.6 Å². The van der Waals surface area contributed by atoms with Gasteiger partial charge < -0.3 is 19.0 Å². The average molecular weight is 396 g/mol. The second-order valence-electron chi connectivity index (χ2n) is 7.59. The lowest BCUT2D eigenvalue weighted by Crippen LogP contribution is -2.17. The fourth-order valence-electron chi connectivity index (χ4n) is 3.93. The number of rotatable bonds is 7. The number of nitrogens with zero attached hydrogens (tertiary/aromatic N) is 1. The first-order chi connectivity index (χ1) is 13.7. The zero-order valence-electron chi connectivity index (χ0n) is 17.9. The lowest BCUT2D eigenvalue weighted by atomic mass is 10.1. The number of carbonyl (C=O) groups is 2. The topological polar surface area (TPSA) is 73.3 Å². The van der Waals surface area contributed by atoms with Crippen LogP contribution in [0.15, 0.2) is 24.3 Å². The van der Waals surface area contributed by atoms with Gasteiger partial charge in [0.2, 0.25) is 5.78 Å².